The van der Waals surface area contributed by atoms with Gasteiger partial charge in [0.15, 0.2) is 9.84 Å². The van der Waals surface area contributed by atoms with Crippen molar-refractivity contribution >= 4 is 9.84 Å². The van der Waals surface area contributed by atoms with Gasteiger partial charge >= 0.3 is 0 Å². The van der Waals surface area contributed by atoms with Crippen LogP contribution in [0.15, 0.2) is 0 Å². The second-order valence-corrected chi connectivity index (χ2v) is 6.74. The van der Waals surface area contributed by atoms with Crippen molar-refractivity contribution in [1.29, 1.82) is 0 Å². The van der Waals surface area contributed by atoms with E-state index < -0.39 is 9.84 Å². The fourth-order valence-electron chi connectivity index (χ4n) is 1.23. The van der Waals surface area contributed by atoms with E-state index in [1.165, 1.54) is 0 Å². The molecule has 0 amide bonds. The number of sulfone groups is 1. The van der Waals surface area contributed by atoms with Crippen molar-refractivity contribution in [2.45, 2.75) is 32.9 Å². The second-order valence-electron chi connectivity index (χ2n) is 4.26. The molecule has 1 unspecified atom stereocenters. The largest absolute Gasteiger partial charge is 0.380 e. The van der Waals surface area contributed by atoms with E-state index in [2.05, 4.69) is 5.32 Å². The van der Waals surface area contributed by atoms with Crippen LogP contribution >= 0.6 is 0 Å². The molecule has 0 spiro atoms. The molecule has 0 aromatic heterocycles. The minimum absolute atomic E-state index is 0.174. The number of hydrogen-bond donors (Lipinski definition) is 1. The molecule has 0 saturated heterocycles. The molecule has 98 valence electrons. The van der Waals surface area contributed by atoms with Gasteiger partial charge in [0.2, 0.25) is 0 Å². The summed E-state index contributed by atoms with van der Waals surface area (Å²) in [4.78, 5) is 0. The highest BCUT2D eigenvalue weighted by atomic mass is 32.2. The third-order valence-corrected chi connectivity index (χ3v) is 5.15. The average molecular weight is 251 g/mol. The summed E-state index contributed by atoms with van der Waals surface area (Å²) >= 11 is 0. The van der Waals surface area contributed by atoms with Crippen LogP contribution < -0.4 is 5.32 Å². The molecule has 0 aliphatic rings. The lowest BCUT2D eigenvalue weighted by atomic mass is 10.2. The molecule has 1 atom stereocenters. The number of hydrogen-bond acceptors (Lipinski definition) is 4. The van der Waals surface area contributed by atoms with Crippen LogP contribution in [0.3, 0.4) is 0 Å². The van der Waals surface area contributed by atoms with Gasteiger partial charge < -0.3 is 10.1 Å². The second kappa shape index (κ2) is 8.03. The van der Waals surface area contributed by atoms with Crippen molar-refractivity contribution in [3.8, 4) is 0 Å². The molecule has 16 heavy (non-hydrogen) atoms. The SMILES string of the molecule is CCOCCNCCS(=O)(=O)C(C)C(C)C. The summed E-state index contributed by atoms with van der Waals surface area (Å²) in [5.74, 6) is 0.381. The topological polar surface area (TPSA) is 55.4 Å². The lowest BCUT2D eigenvalue weighted by Crippen LogP contribution is -2.32. The molecule has 0 aliphatic carbocycles. The monoisotopic (exact) mass is 251 g/mol. The first-order valence-corrected chi connectivity index (χ1v) is 7.63. The minimum atomic E-state index is -2.96. The summed E-state index contributed by atoms with van der Waals surface area (Å²) in [5, 5.41) is 2.80. The van der Waals surface area contributed by atoms with E-state index in [1.54, 1.807) is 6.92 Å². The molecule has 0 bridgehead atoms. The molecule has 0 aromatic carbocycles. The highest BCUT2D eigenvalue weighted by molar-refractivity contribution is 7.92. The average Bonchev–Trinajstić information content (AvgIpc) is 2.22. The Morgan fingerprint density at radius 3 is 2.31 bits per heavy atom. The van der Waals surface area contributed by atoms with Crippen LogP contribution in [-0.2, 0) is 14.6 Å². The van der Waals surface area contributed by atoms with Gasteiger partial charge in [0, 0.05) is 19.7 Å². The minimum Gasteiger partial charge on any atom is -0.380 e. The summed E-state index contributed by atoms with van der Waals surface area (Å²) < 4.78 is 28.7. The maximum absolute atomic E-state index is 11.8. The van der Waals surface area contributed by atoms with Crippen LogP contribution in [0.1, 0.15) is 27.7 Å². The first kappa shape index (κ1) is 15.9. The molecule has 0 heterocycles. The van der Waals surface area contributed by atoms with Crippen LogP contribution in [0.4, 0.5) is 0 Å². The molecule has 0 fully saturated rings. The third kappa shape index (κ3) is 6.45. The Balaban J connectivity index is 3.75. The van der Waals surface area contributed by atoms with Crippen molar-refractivity contribution in [3.63, 3.8) is 0 Å². The molecule has 5 heteroatoms. The molecular weight excluding hydrogens is 226 g/mol. The van der Waals surface area contributed by atoms with Gasteiger partial charge in [-0.25, -0.2) is 8.42 Å². The number of rotatable bonds is 9. The zero-order valence-corrected chi connectivity index (χ0v) is 11.6. The van der Waals surface area contributed by atoms with Crippen LogP contribution in [0.5, 0.6) is 0 Å². The van der Waals surface area contributed by atoms with Crippen molar-refractivity contribution in [2.75, 3.05) is 32.1 Å². The predicted octanol–water partition coefficient (Wildman–Crippen LogP) is 1.07. The molecule has 0 aliphatic heterocycles. The molecule has 0 saturated carbocycles. The van der Waals surface area contributed by atoms with E-state index in [-0.39, 0.29) is 16.9 Å². The van der Waals surface area contributed by atoms with E-state index in [1.807, 2.05) is 20.8 Å². The van der Waals surface area contributed by atoms with Gasteiger partial charge in [-0.3, -0.25) is 0 Å². The summed E-state index contributed by atoms with van der Waals surface area (Å²) in [6, 6.07) is 0. The maximum Gasteiger partial charge on any atom is 0.154 e. The summed E-state index contributed by atoms with van der Waals surface area (Å²) in [7, 11) is -2.96. The zero-order chi connectivity index (χ0) is 12.6. The van der Waals surface area contributed by atoms with Crippen molar-refractivity contribution in [3.05, 3.63) is 0 Å². The van der Waals surface area contributed by atoms with Crippen LogP contribution in [-0.4, -0.2) is 45.7 Å². The zero-order valence-electron chi connectivity index (χ0n) is 10.8. The molecule has 0 aromatic rings. The lowest BCUT2D eigenvalue weighted by Gasteiger charge is -2.16. The molecular formula is C11H25NO3S. The predicted molar refractivity (Wildman–Crippen MR) is 67.4 cm³/mol. The first-order valence-electron chi connectivity index (χ1n) is 5.91. The van der Waals surface area contributed by atoms with Gasteiger partial charge in [0.05, 0.1) is 17.6 Å². The number of nitrogens with one attached hydrogen (secondary N) is 1. The van der Waals surface area contributed by atoms with Crippen molar-refractivity contribution < 1.29 is 13.2 Å². The van der Waals surface area contributed by atoms with E-state index in [0.717, 1.165) is 0 Å². The Kier molecular flexibility index (Phi) is 7.97. The Labute approximate surface area is 99.7 Å². The summed E-state index contributed by atoms with van der Waals surface area (Å²) in [5.41, 5.74) is 0. The smallest absolute Gasteiger partial charge is 0.154 e. The fourth-order valence-corrected chi connectivity index (χ4v) is 2.86. The standard InChI is InChI=1S/C11H25NO3S/c1-5-15-8-6-12-7-9-16(13,14)11(4)10(2)3/h10-12H,5-9H2,1-4H3. The highest BCUT2D eigenvalue weighted by Crippen LogP contribution is 2.11. The Morgan fingerprint density at radius 2 is 1.81 bits per heavy atom. The maximum atomic E-state index is 11.8. The third-order valence-electron chi connectivity index (χ3n) is 2.70. The van der Waals surface area contributed by atoms with E-state index >= 15 is 0 Å². The Morgan fingerprint density at radius 1 is 1.19 bits per heavy atom. The normalized spacial score (nSPS) is 14.3. The summed E-state index contributed by atoms with van der Waals surface area (Å²) in [6.45, 7) is 10.1. The van der Waals surface area contributed by atoms with Crippen LogP contribution in [0, 0.1) is 5.92 Å². The van der Waals surface area contributed by atoms with Gasteiger partial charge in [0.1, 0.15) is 0 Å². The lowest BCUT2D eigenvalue weighted by molar-refractivity contribution is 0.150. The van der Waals surface area contributed by atoms with Gasteiger partial charge in [-0.2, -0.15) is 0 Å². The highest BCUT2D eigenvalue weighted by Gasteiger charge is 2.22. The van der Waals surface area contributed by atoms with Gasteiger partial charge in [-0.15, -0.1) is 0 Å². The van der Waals surface area contributed by atoms with Crippen molar-refractivity contribution in [1.82, 2.24) is 5.32 Å². The fraction of sp³-hybridized carbons (Fsp3) is 1.00. The van der Waals surface area contributed by atoms with E-state index in [4.69, 9.17) is 4.74 Å². The Bertz CT molecular complexity index is 262. The van der Waals surface area contributed by atoms with Crippen molar-refractivity contribution in [2.24, 2.45) is 5.92 Å². The quantitative estimate of drug-likeness (QED) is 0.623. The molecule has 1 N–H and O–H groups in total. The molecule has 4 nitrogen and oxygen atoms in total. The van der Waals surface area contributed by atoms with E-state index in [0.29, 0.717) is 26.3 Å². The molecule has 0 radical (unpaired) electrons. The van der Waals surface area contributed by atoms with Gasteiger partial charge in [-0.05, 0) is 19.8 Å². The summed E-state index contributed by atoms with van der Waals surface area (Å²) in [6.07, 6.45) is 0. The van der Waals surface area contributed by atoms with Gasteiger partial charge in [-0.1, -0.05) is 13.8 Å². The van der Waals surface area contributed by atoms with Gasteiger partial charge in [0.25, 0.3) is 0 Å². The molecule has 0 rings (SSSR count). The first-order chi connectivity index (χ1) is 7.41. The van der Waals surface area contributed by atoms with Crippen LogP contribution in [0.2, 0.25) is 0 Å². The van der Waals surface area contributed by atoms with E-state index in [9.17, 15) is 8.42 Å². The Hall–Kier alpha value is -0.130. The van der Waals surface area contributed by atoms with Crippen LogP contribution in [0.25, 0.3) is 0 Å². The number of ether oxygens (including phenoxy) is 1.